The molecule has 0 radical (unpaired) electrons. The molecule has 0 N–H and O–H groups in total. The van der Waals surface area contributed by atoms with E-state index < -0.39 is 0 Å². The molecule has 1 atom stereocenters. The fourth-order valence-corrected chi connectivity index (χ4v) is 4.16. The van der Waals surface area contributed by atoms with Gasteiger partial charge in [0.05, 0.1) is 23.6 Å². The van der Waals surface area contributed by atoms with Crippen LogP contribution in [-0.4, -0.2) is 27.5 Å². The summed E-state index contributed by atoms with van der Waals surface area (Å²) in [6, 6.07) is 14.3. The first-order valence-corrected chi connectivity index (χ1v) is 9.52. The van der Waals surface area contributed by atoms with Gasteiger partial charge in [-0.25, -0.2) is 4.98 Å². The predicted octanol–water partition coefficient (Wildman–Crippen LogP) is 5.55. The highest BCUT2D eigenvalue weighted by Crippen LogP contribution is 2.30. The number of hydrogen-bond donors (Lipinski definition) is 0. The third-order valence-corrected chi connectivity index (χ3v) is 5.68. The zero-order valence-electron chi connectivity index (χ0n) is 14.3. The fourth-order valence-electron chi connectivity index (χ4n) is 3.69. The third-order valence-electron chi connectivity index (χ3n) is 5.09. The van der Waals surface area contributed by atoms with Gasteiger partial charge in [0.25, 0.3) is 0 Å². The highest BCUT2D eigenvalue weighted by Gasteiger charge is 2.24. The molecule has 1 fully saturated rings. The molecule has 3 aromatic rings. The van der Waals surface area contributed by atoms with Crippen molar-refractivity contribution in [2.75, 3.05) is 13.1 Å². The second-order valence-corrected chi connectivity index (χ2v) is 7.54. The number of rotatable bonds is 4. The summed E-state index contributed by atoms with van der Waals surface area (Å²) in [5.41, 5.74) is 3.24. The maximum Gasteiger partial charge on any atom is 0.127 e. The first-order valence-electron chi connectivity index (χ1n) is 8.76. The van der Waals surface area contributed by atoms with Crippen LogP contribution in [0.3, 0.4) is 0 Å². The van der Waals surface area contributed by atoms with Crippen molar-refractivity contribution in [3.63, 3.8) is 0 Å². The number of aromatic nitrogens is 2. The second-order valence-electron chi connectivity index (χ2n) is 6.70. The van der Waals surface area contributed by atoms with Crippen molar-refractivity contribution in [2.24, 2.45) is 0 Å². The van der Waals surface area contributed by atoms with Crippen LogP contribution >= 0.6 is 23.2 Å². The van der Waals surface area contributed by atoms with Gasteiger partial charge < -0.3 is 4.57 Å². The monoisotopic (exact) mass is 373 g/mol. The number of imidazole rings is 1. The average molecular weight is 374 g/mol. The van der Waals surface area contributed by atoms with Crippen molar-refractivity contribution in [3.05, 3.63) is 63.9 Å². The van der Waals surface area contributed by atoms with Gasteiger partial charge in [0, 0.05) is 10.0 Å². The summed E-state index contributed by atoms with van der Waals surface area (Å²) >= 11 is 12.5. The van der Waals surface area contributed by atoms with Crippen LogP contribution in [0.4, 0.5) is 0 Å². The zero-order valence-corrected chi connectivity index (χ0v) is 15.8. The van der Waals surface area contributed by atoms with Gasteiger partial charge in [0.2, 0.25) is 0 Å². The highest BCUT2D eigenvalue weighted by molar-refractivity contribution is 6.35. The van der Waals surface area contributed by atoms with Gasteiger partial charge >= 0.3 is 0 Å². The van der Waals surface area contributed by atoms with E-state index in [1.165, 1.54) is 12.8 Å². The van der Waals surface area contributed by atoms with Crippen molar-refractivity contribution in [1.29, 1.82) is 0 Å². The zero-order chi connectivity index (χ0) is 17.4. The number of benzene rings is 2. The summed E-state index contributed by atoms with van der Waals surface area (Å²) in [6.45, 7) is 5.24. The highest BCUT2D eigenvalue weighted by atomic mass is 35.5. The Morgan fingerprint density at radius 2 is 1.84 bits per heavy atom. The van der Waals surface area contributed by atoms with E-state index in [1.807, 2.05) is 18.2 Å². The van der Waals surface area contributed by atoms with Crippen LogP contribution in [-0.2, 0) is 6.54 Å². The molecule has 1 saturated heterocycles. The van der Waals surface area contributed by atoms with Crippen molar-refractivity contribution in [3.8, 4) is 0 Å². The number of likely N-dealkylation sites (tertiary alicyclic amines) is 1. The Kier molecular flexibility index (Phi) is 4.72. The summed E-state index contributed by atoms with van der Waals surface area (Å²) in [6.07, 6.45) is 2.54. The third kappa shape index (κ3) is 3.29. The van der Waals surface area contributed by atoms with E-state index in [-0.39, 0.29) is 0 Å². The molecule has 1 unspecified atom stereocenters. The minimum absolute atomic E-state index is 0.293. The summed E-state index contributed by atoms with van der Waals surface area (Å²) in [5, 5.41) is 1.36. The van der Waals surface area contributed by atoms with Crippen LogP contribution in [0.25, 0.3) is 11.0 Å². The molecule has 1 aromatic heterocycles. The average Bonchev–Trinajstić information content (AvgIpc) is 3.25. The number of nitrogens with zero attached hydrogens (tertiary/aromatic N) is 3. The normalized spacial score (nSPS) is 16.6. The molecule has 2 heterocycles. The molecular formula is C20H21Cl2N3. The van der Waals surface area contributed by atoms with E-state index in [0.717, 1.165) is 35.5 Å². The van der Waals surface area contributed by atoms with Crippen LogP contribution in [0.1, 0.15) is 37.2 Å². The van der Waals surface area contributed by atoms with E-state index in [4.69, 9.17) is 28.2 Å². The van der Waals surface area contributed by atoms with Crippen LogP contribution in [0.2, 0.25) is 10.0 Å². The van der Waals surface area contributed by atoms with Crippen molar-refractivity contribution in [1.82, 2.24) is 14.5 Å². The van der Waals surface area contributed by atoms with Crippen LogP contribution in [0, 0.1) is 0 Å². The number of hydrogen-bond acceptors (Lipinski definition) is 2. The van der Waals surface area contributed by atoms with Crippen LogP contribution < -0.4 is 0 Å². The SMILES string of the molecule is CC(c1nc2ccccc2n1Cc1ccc(Cl)cc1Cl)N1CCCC1. The van der Waals surface area contributed by atoms with Crippen molar-refractivity contribution < 1.29 is 0 Å². The number of para-hydroxylation sites is 2. The maximum absolute atomic E-state index is 6.43. The Bertz CT molecular complexity index is 897. The smallest absolute Gasteiger partial charge is 0.127 e. The van der Waals surface area contributed by atoms with Crippen molar-refractivity contribution >= 4 is 34.2 Å². The first kappa shape index (κ1) is 16.9. The lowest BCUT2D eigenvalue weighted by Crippen LogP contribution is -2.26. The molecule has 4 rings (SSSR count). The molecular weight excluding hydrogens is 353 g/mol. The topological polar surface area (TPSA) is 21.1 Å². The molecule has 0 amide bonds. The molecule has 0 bridgehead atoms. The maximum atomic E-state index is 6.43. The second kappa shape index (κ2) is 6.99. The van der Waals surface area contributed by atoms with E-state index in [9.17, 15) is 0 Å². The molecule has 5 heteroatoms. The number of halogens is 2. The van der Waals surface area contributed by atoms with Gasteiger partial charge in [-0.2, -0.15) is 0 Å². The molecule has 25 heavy (non-hydrogen) atoms. The van der Waals surface area contributed by atoms with E-state index in [0.29, 0.717) is 22.6 Å². The van der Waals surface area contributed by atoms with Crippen molar-refractivity contribution in [2.45, 2.75) is 32.4 Å². The molecule has 1 aliphatic heterocycles. The summed E-state index contributed by atoms with van der Waals surface area (Å²) in [4.78, 5) is 7.47. The molecule has 3 nitrogen and oxygen atoms in total. The molecule has 0 saturated carbocycles. The molecule has 2 aromatic carbocycles. The lowest BCUT2D eigenvalue weighted by Gasteiger charge is -2.24. The Morgan fingerprint density at radius 3 is 2.60 bits per heavy atom. The van der Waals surface area contributed by atoms with Gasteiger partial charge in [-0.1, -0.05) is 41.4 Å². The Morgan fingerprint density at radius 1 is 1.08 bits per heavy atom. The fraction of sp³-hybridized carbons (Fsp3) is 0.350. The van der Waals surface area contributed by atoms with Gasteiger partial charge in [0.15, 0.2) is 0 Å². The van der Waals surface area contributed by atoms with Gasteiger partial charge in [0.1, 0.15) is 5.82 Å². The minimum atomic E-state index is 0.293. The Balaban J connectivity index is 1.78. The van der Waals surface area contributed by atoms with Gasteiger partial charge in [-0.15, -0.1) is 0 Å². The molecule has 0 aliphatic carbocycles. The van der Waals surface area contributed by atoms with Crippen LogP contribution in [0.5, 0.6) is 0 Å². The predicted molar refractivity (Wildman–Crippen MR) is 105 cm³/mol. The largest absolute Gasteiger partial charge is 0.322 e. The quantitative estimate of drug-likeness (QED) is 0.597. The molecule has 0 spiro atoms. The minimum Gasteiger partial charge on any atom is -0.322 e. The summed E-state index contributed by atoms with van der Waals surface area (Å²) in [7, 11) is 0. The molecule has 130 valence electrons. The Hall–Kier alpha value is -1.55. The van der Waals surface area contributed by atoms with E-state index >= 15 is 0 Å². The number of fused-ring (bicyclic) bond motifs is 1. The lowest BCUT2D eigenvalue weighted by atomic mass is 10.2. The van der Waals surface area contributed by atoms with Crippen LogP contribution in [0.15, 0.2) is 42.5 Å². The summed E-state index contributed by atoms with van der Waals surface area (Å²) in [5.74, 6) is 1.11. The Labute approximate surface area is 158 Å². The van der Waals surface area contributed by atoms with E-state index in [1.54, 1.807) is 6.07 Å². The van der Waals surface area contributed by atoms with Gasteiger partial charge in [-0.3, -0.25) is 4.90 Å². The molecule has 1 aliphatic rings. The summed E-state index contributed by atoms with van der Waals surface area (Å²) < 4.78 is 2.30. The lowest BCUT2D eigenvalue weighted by molar-refractivity contribution is 0.249. The van der Waals surface area contributed by atoms with E-state index in [2.05, 4.69) is 34.6 Å². The van der Waals surface area contributed by atoms with Gasteiger partial charge in [-0.05, 0) is 62.7 Å². The standard InChI is InChI=1S/C20H21Cl2N3/c1-14(24-10-4-5-11-24)20-23-18-6-2-3-7-19(18)25(20)13-15-8-9-16(21)12-17(15)22/h2-3,6-9,12,14H,4-5,10-11,13H2,1H3. The first-order chi connectivity index (χ1) is 12.1.